The van der Waals surface area contributed by atoms with Crippen LogP contribution in [0.5, 0.6) is 5.75 Å². The Bertz CT molecular complexity index is 455. The Labute approximate surface area is 125 Å². The summed E-state index contributed by atoms with van der Waals surface area (Å²) >= 11 is 0. The second-order valence-electron chi connectivity index (χ2n) is 5.62. The first-order chi connectivity index (χ1) is 10.1. The zero-order valence-electron chi connectivity index (χ0n) is 13.3. The molecule has 0 bridgehead atoms. The Hall–Kier alpha value is -1.15. The highest BCUT2D eigenvalue weighted by Crippen LogP contribution is 2.40. The monoisotopic (exact) mass is 298 g/mol. The van der Waals surface area contributed by atoms with Gasteiger partial charge in [-0.05, 0) is 13.8 Å². The molecule has 1 atom stereocenters. The van der Waals surface area contributed by atoms with Gasteiger partial charge in [0, 0.05) is 39.2 Å². The van der Waals surface area contributed by atoms with Gasteiger partial charge in [-0.1, -0.05) is 0 Å². The molecule has 1 aliphatic heterocycles. The summed E-state index contributed by atoms with van der Waals surface area (Å²) in [5.74, 6) is 6.60. The van der Waals surface area contributed by atoms with Crippen LogP contribution in [-0.4, -0.2) is 42.8 Å². The van der Waals surface area contributed by atoms with Crippen LogP contribution in [-0.2, 0) is 9.47 Å². The van der Waals surface area contributed by atoms with Crippen LogP contribution < -0.4 is 16.0 Å². The van der Waals surface area contributed by atoms with Crippen LogP contribution in [0.25, 0.3) is 0 Å². The topological polar surface area (TPSA) is 83.6 Å². The maximum Gasteiger partial charge on any atom is 0.161 e. The van der Waals surface area contributed by atoms with Gasteiger partial charge in [0.1, 0.15) is 5.69 Å². The molecule has 0 radical (unpaired) electrons. The van der Waals surface area contributed by atoms with E-state index in [2.05, 4.69) is 24.4 Å². The molecule has 3 N–H and O–H groups in total. The number of aromatic nitrogens is 2. The predicted molar refractivity (Wildman–Crippen MR) is 79.0 cm³/mol. The lowest BCUT2D eigenvalue weighted by Crippen LogP contribution is -2.52. The highest BCUT2D eigenvalue weighted by Gasteiger charge is 2.44. The summed E-state index contributed by atoms with van der Waals surface area (Å²) in [7, 11) is 3.36. The van der Waals surface area contributed by atoms with Crippen LogP contribution in [0, 0.1) is 0 Å². The van der Waals surface area contributed by atoms with Crippen LogP contribution >= 0.6 is 0 Å². The summed E-state index contributed by atoms with van der Waals surface area (Å²) in [6, 6.07) is -0.0141. The highest BCUT2D eigenvalue weighted by atomic mass is 16.5. The van der Waals surface area contributed by atoms with Crippen LogP contribution in [0.4, 0.5) is 0 Å². The van der Waals surface area contributed by atoms with Crippen molar-refractivity contribution in [2.75, 3.05) is 27.4 Å². The maximum atomic E-state index is 5.88. The van der Waals surface area contributed by atoms with Crippen molar-refractivity contribution in [1.82, 2.24) is 15.2 Å². The average molecular weight is 298 g/mol. The van der Waals surface area contributed by atoms with Crippen LogP contribution in [0.3, 0.4) is 0 Å². The summed E-state index contributed by atoms with van der Waals surface area (Å²) in [4.78, 5) is 0. The second-order valence-corrected chi connectivity index (χ2v) is 5.62. The number of nitrogens with one attached hydrogen (secondary N) is 1. The molecule has 2 rings (SSSR count). The minimum absolute atomic E-state index is 0.202. The van der Waals surface area contributed by atoms with Crippen molar-refractivity contribution in [2.24, 2.45) is 5.84 Å². The van der Waals surface area contributed by atoms with E-state index in [9.17, 15) is 0 Å². The van der Waals surface area contributed by atoms with Crippen molar-refractivity contribution < 1.29 is 14.2 Å². The quantitative estimate of drug-likeness (QED) is 0.606. The number of nitrogens with two attached hydrogens (primary N) is 1. The fourth-order valence-corrected chi connectivity index (χ4v) is 3.01. The van der Waals surface area contributed by atoms with E-state index < -0.39 is 5.60 Å². The van der Waals surface area contributed by atoms with E-state index in [0.29, 0.717) is 13.2 Å². The fourth-order valence-electron chi connectivity index (χ4n) is 3.01. The number of hydrazine groups is 1. The Morgan fingerprint density at radius 1 is 1.38 bits per heavy atom. The van der Waals surface area contributed by atoms with E-state index >= 15 is 0 Å². The highest BCUT2D eigenvalue weighted by molar-refractivity contribution is 5.31. The number of methoxy groups -OCH3 is 2. The molecule has 1 unspecified atom stereocenters. The van der Waals surface area contributed by atoms with Gasteiger partial charge in [-0.2, -0.15) is 5.10 Å². The van der Waals surface area contributed by atoms with Crippen molar-refractivity contribution in [3.63, 3.8) is 0 Å². The lowest BCUT2D eigenvalue weighted by molar-refractivity contribution is -0.113. The van der Waals surface area contributed by atoms with Crippen LogP contribution in [0.2, 0.25) is 0 Å². The molecule has 0 aromatic carbocycles. The Morgan fingerprint density at radius 2 is 2.05 bits per heavy atom. The summed E-state index contributed by atoms with van der Waals surface area (Å²) in [5, 5.41) is 4.42. The molecule has 1 aromatic heterocycles. The third-order valence-electron chi connectivity index (χ3n) is 4.22. The van der Waals surface area contributed by atoms with Gasteiger partial charge in [0.2, 0.25) is 0 Å². The standard InChI is InChI=1S/C14H26N4O3/c1-10(2)18-12(11(19-3)9-16-18)13(17-15)14(20-4)5-7-21-8-6-14/h9-10,13,17H,5-8,15H2,1-4H3. The second kappa shape index (κ2) is 6.74. The molecular formula is C14H26N4O3. The van der Waals surface area contributed by atoms with Crippen molar-refractivity contribution in [2.45, 2.75) is 44.4 Å². The number of hydrogen-bond donors (Lipinski definition) is 2. The zero-order chi connectivity index (χ0) is 15.5. The molecule has 0 amide bonds. The molecule has 1 aromatic rings. The zero-order valence-corrected chi connectivity index (χ0v) is 13.3. The van der Waals surface area contributed by atoms with Gasteiger partial charge < -0.3 is 14.2 Å². The van der Waals surface area contributed by atoms with Crippen LogP contribution in [0.1, 0.15) is 44.5 Å². The third-order valence-corrected chi connectivity index (χ3v) is 4.22. The molecule has 7 heteroatoms. The first-order valence-corrected chi connectivity index (χ1v) is 7.30. The van der Waals surface area contributed by atoms with Crippen molar-refractivity contribution in [3.05, 3.63) is 11.9 Å². The minimum atomic E-state index is -0.424. The number of ether oxygens (including phenoxy) is 3. The third kappa shape index (κ3) is 2.91. The fraction of sp³-hybridized carbons (Fsp3) is 0.786. The lowest BCUT2D eigenvalue weighted by atomic mass is 9.84. The van der Waals surface area contributed by atoms with E-state index in [1.165, 1.54) is 0 Å². The van der Waals surface area contributed by atoms with Gasteiger partial charge in [-0.3, -0.25) is 10.5 Å². The van der Waals surface area contributed by atoms with E-state index in [-0.39, 0.29) is 12.1 Å². The first kappa shape index (κ1) is 16.2. The van der Waals surface area contributed by atoms with Crippen molar-refractivity contribution >= 4 is 0 Å². The first-order valence-electron chi connectivity index (χ1n) is 7.30. The predicted octanol–water partition coefficient (Wildman–Crippen LogP) is 1.17. The molecule has 0 aliphatic carbocycles. The average Bonchev–Trinajstić information content (AvgIpc) is 2.93. The van der Waals surface area contributed by atoms with E-state index in [1.54, 1.807) is 20.4 Å². The molecule has 7 nitrogen and oxygen atoms in total. The molecule has 120 valence electrons. The molecule has 1 fully saturated rings. The van der Waals surface area contributed by atoms with Gasteiger partial charge in [0.25, 0.3) is 0 Å². The summed E-state index contributed by atoms with van der Waals surface area (Å²) in [5.41, 5.74) is 3.41. The van der Waals surface area contributed by atoms with E-state index in [1.807, 2.05) is 4.68 Å². The largest absolute Gasteiger partial charge is 0.493 e. The summed E-state index contributed by atoms with van der Waals surface area (Å²) in [6.45, 7) is 5.47. The van der Waals surface area contributed by atoms with Gasteiger partial charge in [0.15, 0.2) is 5.75 Å². The van der Waals surface area contributed by atoms with Crippen molar-refractivity contribution in [3.8, 4) is 5.75 Å². The number of hydrogen-bond acceptors (Lipinski definition) is 6. The van der Waals surface area contributed by atoms with Crippen molar-refractivity contribution in [1.29, 1.82) is 0 Å². The Morgan fingerprint density at radius 3 is 2.52 bits per heavy atom. The molecule has 1 aliphatic rings. The lowest BCUT2D eigenvalue weighted by Gasteiger charge is -2.42. The molecule has 21 heavy (non-hydrogen) atoms. The SMILES string of the molecule is COc1cnn(C(C)C)c1C(NN)C1(OC)CCOCC1. The van der Waals surface area contributed by atoms with Gasteiger partial charge in [-0.15, -0.1) is 0 Å². The van der Waals surface area contributed by atoms with E-state index in [0.717, 1.165) is 24.3 Å². The Kier molecular flexibility index (Phi) is 5.21. The number of nitrogens with zero attached hydrogens (tertiary/aromatic N) is 2. The van der Waals surface area contributed by atoms with Crippen LogP contribution in [0.15, 0.2) is 6.20 Å². The summed E-state index contributed by atoms with van der Waals surface area (Å²) < 4.78 is 18.7. The molecule has 0 saturated carbocycles. The smallest absolute Gasteiger partial charge is 0.161 e. The summed E-state index contributed by atoms with van der Waals surface area (Å²) in [6.07, 6.45) is 3.26. The number of rotatable bonds is 6. The molecule has 1 saturated heterocycles. The minimum Gasteiger partial charge on any atom is -0.493 e. The van der Waals surface area contributed by atoms with Gasteiger partial charge in [0.05, 0.1) is 24.9 Å². The Balaban J connectivity index is 2.47. The molecular weight excluding hydrogens is 272 g/mol. The van der Waals surface area contributed by atoms with Gasteiger partial charge >= 0.3 is 0 Å². The molecule has 2 heterocycles. The van der Waals surface area contributed by atoms with E-state index in [4.69, 9.17) is 20.1 Å². The normalized spacial score (nSPS) is 19.7. The molecule has 0 spiro atoms. The maximum absolute atomic E-state index is 5.88. The van der Waals surface area contributed by atoms with Gasteiger partial charge in [-0.25, -0.2) is 5.43 Å².